The second-order valence-electron chi connectivity index (χ2n) is 5.18. The lowest BCUT2D eigenvalue weighted by atomic mass is 10.0. The lowest BCUT2D eigenvalue weighted by Crippen LogP contribution is -2.28. The molecule has 0 aliphatic carbocycles. The zero-order valence-electron chi connectivity index (χ0n) is 12.6. The van der Waals surface area contributed by atoms with E-state index in [1.807, 2.05) is 19.9 Å². The van der Waals surface area contributed by atoms with E-state index >= 15 is 0 Å². The summed E-state index contributed by atoms with van der Waals surface area (Å²) in [6.45, 7) is 6.79. The molecule has 2 aromatic rings. The molecule has 0 spiro atoms. The van der Waals surface area contributed by atoms with Gasteiger partial charge in [-0.3, -0.25) is 0 Å². The van der Waals surface area contributed by atoms with Crippen LogP contribution in [0.3, 0.4) is 0 Å². The third-order valence-electron chi connectivity index (χ3n) is 3.53. The van der Waals surface area contributed by atoms with Crippen LogP contribution in [0, 0.1) is 13.8 Å². The fraction of sp³-hybridized carbons (Fsp3) is 0.412. The van der Waals surface area contributed by atoms with E-state index in [1.165, 1.54) is 11.1 Å². The lowest BCUT2D eigenvalue weighted by Gasteiger charge is -2.23. The second kappa shape index (κ2) is 6.73. The SMILES string of the molecule is COCC(NC(C)c1cc(C)oc1C)c1ccccc1. The van der Waals surface area contributed by atoms with Crippen molar-refractivity contribution >= 4 is 0 Å². The molecule has 1 N–H and O–H groups in total. The summed E-state index contributed by atoms with van der Waals surface area (Å²) in [4.78, 5) is 0. The summed E-state index contributed by atoms with van der Waals surface area (Å²) in [6.07, 6.45) is 0. The summed E-state index contributed by atoms with van der Waals surface area (Å²) in [5, 5.41) is 3.62. The Morgan fingerprint density at radius 3 is 2.45 bits per heavy atom. The van der Waals surface area contributed by atoms with Gasteiger partial charge >= 0.3 is 0 Å². The van der Waals surface area contributed by atoms with E-state index in [0.29, 0.717) is 6.61 Å². The molecule has 0 saturated heterocycles. The van der Waals surface area contributed by atoms with Crippen LogP contribution in [0.2, 0.25) is 0 Å². The molecule has 1 aromatic heterocycles. The minimum atomic E-state index is 0.172. The molecule has 0 aliphatic heterocycles. The molecule has 2 rings (SSSR count). The second-order valence-corrected chi connectivity index (χ2v) is 5.18. The van der Waals surface area contributed by atoms with Crippen molar-refractivity contribution in [2.45, 2.75) is 32.9 Å². The van der Waals surface area contributed by atoms with Gasteiger partial charge in [0.05, 0.1) is 12.6 Å². The molecule has 20 heavy (non-hydrogen) atoms. The van der Waals surface area contributed by atoms with Gasteiger partial charge in [0, 0.05) is 18.7 Å². The first kappa shape index (κ1) is 14.8. The monoisotopic (exact) mass is 273 g/mol. The van der Waals surface area contributed by atoms with Crippen LogP contribution in [0.4, 0.5) is 0 Å². The highest BCUT2D eigenvalue weighted by atomic mass is 16.5. The quantitative estimate of drug-likeness (QED) is 0.865. The van der Waals surface area contributed by atoms with Gasteiger partial charge in [0.2, 0.25) is 0 Å². The van der Waals surface area contributed by atoms with Crippen LogP contribution in [0.25, 0.3) is 0 Å². The minimum absolute atomic E-state index is 0.172. The highest BCUT2D eigenvalue weighted by molar-refractivity contribution is 5.25. The van der Waals surface area contributed by atoms with E-state index in [1.54, 1.807) is 7.11 Å². The number of hydrogen-bond acceptors (Lipinski definition) is 3. The minimum Gasteiger partial charge on any atom is -0.466 e. The maximum Gasteiger partial charge on any atom is 0.105 e. The Hall–Kier alpha value is -1.58. The zero-order valence-corrected chi connectivity index (χ0v) is 12.6. The third-order valence-corrected chi connectivity index (χ3v) is 3.53. The van der Waals surface area contributed by atoms with E-state index in [0.717, 1.165) is 11.5 Å². The summed E-state index contributed by atoms with van der Waals surface area (Å²) >= 11 is 0. The molecule has 0 bridgehead atoms. The average molecular weight is 273 g/mol. The van der Waals surface area contributed by atoms with Crippen LogP contribution in [-0.2, 0) is 4.74 Å². The summed E-state index contributed by atoms with van der Waals surface area (Å²) < 4.78 is 11.0. The number of ether oxygens (including phenoxy) is 1. The van der Waals surface area contributed by atoms with Gasteiger partial charge < -0.3 is 14.5 Å². The molecule has 0 fully saturated rings. The van der Waals surface area contributed by atoms with E-state index in [9.17, 15) is 0 Å². The number of benzene rings is 1. The summed E-state index contributed by atoms with van der Waals surface area (Å²) in [5.74, 6) is 1.93. The molecule has 0 radical (unpaired) electrons. The molecular weight excluding hydrogens is 250 g/mol. The van der Waals surface area contributed by atoms with Crippen LogP contribution in [0.15, 0.2) is 40.8 Å². The average Bonchev–Trinajstić information content (AvgIpc) is 2.78. The largest absolute Gasteiger partial charge is 0.466 e. The zero-order chi connectivity index (χ0) is 14.5. The first-order valence-corrected chi connectivity index (χ1v) is 6.98. The molecular formula is C17H23NO2. The maximum atomic E-state index is 5.61. The maximum absolute atomic E-state index is 5.61. The number of nitrogens with one attached hydrogen (secondary N) is 1. The normalized spacial score (nSPS) is 14.2. The van der Waals surface area contributed by atoms with Crippen molar-refractivity contribution in [1.82, 2.24) is 5.32 Å². The first-order valence-electron chi connectivity index (χ1n) is 6.98. The molecule has 1 heterocycles. The van der Waals surface area contributed by atoms with Crippen molar-refractivity contribution in [3.8, 4) is 0 Å². The van der Waals surface area contributed by atoms with Crippen molar-refractivity contribution in [3.05, 3.63) is 59.0 Å². The molecule has 3 heteroatoms. The van der Waals surface area contributed by atoms with Gasteiger partial charge in [-0.2, -0.15) is 0 Å². The molecule has 0 aliphatic rings. The van der Waals surface area contributed by atoms with Gasteiger partial charge in [0.1, 0.15) is 11.5 Å². The highest BCUT2D eigenvalue weighted by Crippen LogP contribution is 2.24. The van der Waals surface area contributed by atoms with Crippen LogP contribution >= 0.6 is 0 Å². The lowest BCUT2D eigenvalue weighted by molar-refractivity contribution is 0.162. The van der Waals surface area contributed by atoms with Gasteiger partial charge in [-0.15, -0.1) is 0 Å². The Bertz CT molecular complexity index is 533. The number of methoxy groups -OCH3 is 1. The summed E-state index contributed by atoms with van der Waals surface area (Å²) in [6, 6.07) is 12.9. The number of furan rings is 1. The van der Waals surface area contributed by atoms with Crippen LogP contribution in [0.1, 0.15) is 41.7 Å². The molecule has 0 amide bonds. The Morgan fingerprint density at radius 2 is 1.90 bits per heavy atom. The molecule has 0 saturated carbocycles. The third kappa shape index (κ3) is 3.50. The van der Waals surface area contributed by atoms with Gasteiger partial charge in [0.25, 0.3) is 0 Å². The molecule has 2 unspecified atom stereocenters. The standard InChI is InChI=1S/C17H23NO2/c1-12-10-16(14(3)20-12)13(2)18-17(11-19-4)15-8-6-5-7-9-15/h5-10,13,17-18H,11H2,1-4H3. The number of hydrogen-bond donors (Lipinski definition) is 1. The first-order chi connectivity index (χ1) is 9.61. The van der Waals surface area contributed by atoms with Crippen molar-refractivity contribution < 1.29 is 9.15 Å². The van der Waals surface area contributed by atoms with Crippen molar-refractivity contribution in [2.75, 3.05) is 13.7 Å². The van der Waals surface area contributed by atoms with Gasteiger partial charge in [-0.25, -0.2) is 0 Å². The Labute approximate surface area is 121 Å². The van der Waals surface area contributed by atoms with Crippen LogP contribution < -0.4 is 5.32 Å². The fourth-order valence-electron chi connectivity index (χ4n) is 2.56. The Morgan fingerprint density at radius 1 is 1.20 bits per heavy atom. The van der Waals surface area contributed by atoms with E-state index in [4.69, 9.17) is 9.15 Å². The molecule has 1 aromatic carbocycles. The van der Waals surface area contributed by atoms with Gasteiger partial charge in [0.15, 0.2) is 0 Å². The van der Waals surface area contributed by atoms with E-state index in [-0.39, 0.29) is 12.1 Å². The van der Waals surface area contributed by atoms with Crippen LogP contribution in [-0.4, -0.2) is 13.7 Å². The van der Waals surface area contributed by atoms with Crippen LogP contribution in [0.5, 0.6) is 0 Å². The molecule has 108 valence electrons. The fourth-order valence-corrected chi connectivity index (χ4v) is 2.56. The predicted molar refractivity (Wildman–Crippen MR) is 80.8 cm³/mol. The number of aryl methyl sites for hydroxylation is 2. The highest BCUT2D eigenvalue weighted by Gasteiger charge is 2.18. The summed E-state index contributed by atoms with van der Waals surface area (Å²) in [7, 11) is 1.73. The smallest absolute Gasteiger partial charge is 0.105 e. The van der Waals surface area contributed by atoms with Gasteiger partial charge in [-0.1, -0.05) is 30.3 Å². The topological polar surface area (TPSA) is 34.4 Å². The predicted octanol–water partition coefficient (Wildman–Crippen LogP) is 3.93. The van der Waals surface area contributed by atoms with E-state index in [2.05, 4.69) is 42.6 Å². The van der Waals surface area contributed by atoms with Crippen molar-refractivity contribution in [1.29, 1.82) is 0 Å². The molecule has 2 atom stereocenters. The van der Waals surface area contributed by atoms with E-state index < -0.39 is 0 Å². The Kier molecular flexibility index (Phi) is 4.99. The van der Waals surface area contributed by atoms with Crippen molar-refractivity contribution in [3.63, 3.8) is 0 Å². The summed E-state index contributed by atoms with van der Waals surface area (Å²) in [5.41, 5.74) is 2.44. The van der Waals surface area contributed by atoms with Gasteiger partial charge in [-0.05, 0) is 32.4 Å². The molecule has 3 nitrogen and oxygen atoms in total. The van der Waals surface area contributed by atoms with Crippen molar-refractivity contribution in [2.24, 2.45) is 0 Å². The number of rotatable bonds is 6. The Balaban J connectivity index is 2.14.